The van der Waals surface area contributed by atoms with Gasteiger partial charge in [-0.3, -0.25) is 4.79 Å². The third-order valence-electron chi connectivity index (χ3n) is 4.10. The summed E-state index contributed by atoms with van der Waals surface area (Å²) in [5, 5.41) is 10.3. The van der Waals surface area contributed by atoms with Crippen LogP contribution in [0.15, 0.2) is 42.5 Å². The average Bonchev–Trinajstić information content (AvgIpc) is 2.63. The van der Waals surface area contributed by atoms with E-state index in [0.717, 1.165) is 18.8 Å². The quantitative estimate of drug-likeness (QED) is 0.882. The average molecular weight is 381 g/mol. The molecule has 1 fully saturated rings. The largest absolute Gasteiger partial charge is 0.508 e. The molecule has 0 spiro atoms. The summed E-state index contributed by atoms with van der Waals surface area (Å²) in [6.07, 6.45) is 0. The number of benzene rings is 2. The highest BCUT2D eigenvalue weighted by atomic mass is 35.5. The van der Waals surface area contributed by atoms with Crippen LogP contribution in [0.4, 0.5) is 5.69 Å². The van der Waals surface area contributed by atoms with Gasteiger partial charge in [-0.15, -0.1) is 0 Å². The van der Waals surface area contributed by atoms with Gasteiger partial charge in [-0.25, -0.2) is 0 Å². The molecule has 1 heterocycles. The zero-order valence-electron chi connectivity index (χ0n) is 13.5. The molecule has 1 aliphatic rings. The molecule has 0 bridgehead atoms. The molecule has 0 aliphatic carbocycles. The van der Waals surface area contributed by atoms with Crippen LogP contribution in [0.2, 0.25) is 10.0 Å². The van der Waals surface area contributed by atoms with Gasteiger partial charge in [0.25, 0.3) is 5.91 Å². The van der Waals surface area contributed by atoms with E-state index < -0.39 is 0 Å². The molecule has 25 heavy (non-hydrogen) atoms. The first kappa shape index (κ1) is 17.7. The number of carbonyl (C=O) groups excluding carboxylic acids is 1. The molecule has 1 saturated heterocycles. The molecule has 1 aliphatic heterocycles. The van der Waals surface area contributed by atoms with Crippen molar-refractivity contribution in [3.63, 3.8) is 0 Å². The minimum Gasteiger partial charge on any atom is -0.508 e. The number of ether oxygens (including phenoxy) is 1. The van der Waals surface area contributed by atoms with Crippen LogP contribution < -0.4 is 9.64 Å². The molecule has 7 heteroatoms. The van der Waals surface area contributed by atoms with Crippen LogP contribution in [0.1, 0.15) is 0 Å². The molecule has 132 valence electrons. The van der Waals surface area contributed by atoms with Crippen LogP contribution in [0.5, 0.6) is 11.5 Å². The molecule has 1 N–H and O–H groups in total. The summed E-state index contributed by atoms with van der Waals surface area (Å²) < 4.78 is 5.47. The number of amides is 1. The maximum absolute atomic E-state index is 12.3. The summed E-state index contributed by atoms with van der Waals surface area (Å²) in [6.45, 7) is 2.68. The first-order valence-corrected chi connectivity index (χ1v) is 8.68. The molecule has 0 atom stereocenters. The van der Waals surface area contributed by atoms with Crippen molar-refractivity contribution in [1.82, 2.24) is 4.90 Å². The van der Waals surface area contributed by atoms with Crippen molar-refractivity contribution in [3.05, 3.63) is 52.5 Å². The second-order valence-electron chi connectivity index (χ2n) is 5.75. The molecule has 0 saturated carbocycles. The Labute approximate surface area is 156 Å². The normalized spacial score (nSPS) is 14.5. The topological polar surface area (TPSA) is 53.0 Å². The Morgan fingerprint density at radius 2 is 1.68 bits per heavy atom. The van der Waals surface area contributed by atoms with E-state index in [-0.39, 0.29) is 18.3 Å². The lowest BCUT2D eigenvalue weighted by Gasteiger charge is -2.36. The molecule has 2 aromatic rings. The van der Waals surface area contributed by atoms with E-state index >= 15 is 0 Å². The van der Waals surface area contributed by atoms with Crippen molar-refractivity contribution >= 4 is 34.8 Å². The third-order valence-corrected chi connectivity index (χ3v) is 4.84. The number of anilines is 1. The lowest BCUT2D eigenvalue weighted by Crippen LogP contribution is -2.50. The van der Waals surface area contributed by atoms with Crippen molar-refractivity contribution in [1.29, 1.82) is 0 Å². The Kier molecular flexibility index (Phi) is 5.56. The predicted octanol–water partition coefficient (Wildman–Crippen LogP) is 3.43. The number of aromatic hydroxyl groups is 1. The van der Waals surface area contributed by atoms with Crippen LogP contribution >= 0.6 is 23.2 Å². The van der Waals surface area contributed by atoms with Crippen molar-refractivity contribution in [2.24, 2.45) is 0 Å². The monoisotopic (exact) mass is 380 g/mol. The standard InChI is InChI=1S/C18H18Cl2N2O3/c19-16-6-1-13(11-17(16)20)21-7-9-22(10-8-21)18(24)12-25-15-4-2-14(23)3-5-15/h1-6,11,23H,7-10,12H2. The highest BCUT2D eigenvalue weighted by Crippen LogP contribution is 2.27. The van der Waals surface area contributed by atoms with Crippen molar-refractivity contribution in [3.8, 4) is 11.5 Å². The van der Waals surface area contributed by atoms with E-state index in [2.05, 4.69) is 4.90 Å². The van der Waals surface area contributed by atoms with Gasteiger partial charge in [0.1, 0.15) is 11.5 Å². The third kappa shape index (κ3) is 4.50. The summed E-state index contributed by atoms with van der Waals surface area (Å²) in [5.41, 5.74) is 1.00. The Hall–Kier alpha value is -2.11. The molecular formula is C18H18Cl2N2O3. The fourth-order valence-corrected chi connectivity index (χ4v) is 2.97. The van der Waals surface area contributed by atoms with Crippen molar-refractivity contribution < 1.29 is 14.6 Å². The minimum absolute atomic E-state index is 0.0163. The highest BCUT2D eigenvalue weighted by Gasteiger charge is 2.22. The molecule has 0 aromatic heterocycles. The first-order chi connectivity index (χ1) is 12.0. The van der Waals surface area contributed by atoms with Gasteiger partial charge in [0.2, 0.25) is 0 Å². The fourth-order valence-electron chi connectivity index (χ4n) is 2.67. The first-order valence-electron chi connectivity index (χ1n) is 7.92. The number of rotatable bonds is 4. The van der Waals surface area contributed by atoms with Gasteiger partial charge in [-0.2, -0.15) is 0 Å². The summed E-state index contributed by atoms with van der Waals surface area (Å²) >= 11 is 12.0. The lowest BCUT2D eigenvalue weighted by atomic mass is 10.2. The van der Waals surface area contributed by atoms with Gasteiger partial charge in [-0.05, 0) is 42.5 Å². The van der Waals surface area contributed by atoms with Gasteiger partial charge in [0.15, 0.2) is 6.61 Å². The fraction of sp³-hybridized carbons (Fsp3) is 0.278. The molecule has 1 amide bonds. The Morgan fingerprint density at radius 1 is 1.00 bits per heavy atom. The number of hydrogen-bond acceptors (Lipinski definition) is 4. The SMILES string of the molecule is O=C(COc1ccc(O)cc1)N1CCN(c2ccc(Cl)c(Cl)c2)CC1. The number of halogens is 2. The van der Waals surface area contributed by atoms with Crippen LogP contribution in [-0.2, 0) is 4.79 Å². The van der Waals surface area contributed by atoms with E-state index in [1.165, 1.54) is 12.1 Å². The Morgan fingerprint density at radius 3 is 2.32 bits per heavy atom. The van der Waals surface area contributed by atoms with Gasteiger partial charge >= 0.3 is 0 Å². The summed E-state index contributed by atoms with van der Waals surface area (Å²) in [6, 6.07) is 11.9. The van der Waals surface area contributed by atoms with E-state index in [4.69, 9.17) is 27.9 Å². The molecule has 0 unspecified atom stereocenters. The van der Waals surface area contributed by atoms with Crippen LogP contribution in [0, 0.1) is 0 Å². The van der Waals surface area contributed by atoms with Gasteiger partial charge in [0.05, 0.1) is 10.0 Å². The lowest BCUT2D eigenvalue weighted by molar-refractivity contribution is -0.133. The molecule has 0 radical (unpaired) electrons. The highest BCUT2D eigenvalue weighted by molar-refractivity contribution is 6.42. The smallest absolute Gasteiger partial charge is 0.260 e. The summed E-state index contributed by atoms with van der Waals surface area (Å²) in [5.74, 6) is 0.666. The molecular weight excluding hydrogens is 363 g/mol. The Balaban J connectivity index is 1.50. The molecule has 2 aromatic carbocycles. The Bertz CT molecular complexity index is 744. The second-order valence-corrected chi connectivity index (χ2v) is 6.56. The minimum atomic E-state index is -0.0538. The summed E-state index contributed by atoms with van der Waals surface area (Å²) in [4.78, 5) is 16.2. The van der Waals surface area contributed by atoms with Crippen LogP contribution in [0.3, 0.4) is 0 Å². The zero-order chi connectivity index (χ0) is 17.8. The van der Waals surface area contributed by atoms with Gasteiger partial charge < -0.3 is 19.6 Å². The summed E-state index contributed by atoms with van der Waals surface area (Å²) in [7, 11) is 0. The molecule has 5 nitrogen and oxygen atoms in total. The van der Waals surface area contributed by atoms with E-state index in [1.54, 1.807) is 23.1 Å². The van der Waals surface area contributed by atoms with Crippen molar-refractivity contribution in [2.75, 3.05) is 37.7 Å². The maximum atomic E-state index is 12.3. The number of phenols is 1. The van der Waals surface area contributed by atoms with Crippen molar-refractivity contribution in [2.45, 2.75) is 0 Å². The van der Waals surface area contributed by atoms with E-state index in [1.807, 2.05) is 12.1 Å². The number of piperazine rings is 1. The predicted molar refractivity (Wildman–Crippen MR) is 98.9 cm³/mol. The van der Waals surface area contributed by atoms with E-state index in [0.29, 0.717) is 28.9 Å². The number of carbonyl (C=O) groups is 1. The molecule has 3 rings (SSSR count). The number of hydrogen-bond donors (Lipinski definition) is 1. The number of phenolic OH excluding ortho intramolecular Hbond substituents is 1. The van der Waals surface area contributed by atoms with E-state index in [9.17, 15) is 9.90 Å². The number of nitrogens with zero attached hydrogens (tertiary/aromatic N) is 2. The van der Waals surface area contributed by atoms with Crippen LogP contribution in [0.25, 0.3) is 0 Å². The second kappa shape index (κ2) is 7.85. The maximum Gasteiger partial charge on any atom is 0.260 e. The van der Waals surface area contributed by atoms with Crippen LogP contribution in [-0.4, -0.2) is 48.7 Å². The van der Waals surface area contributed by atoms with Gasteiger partial charge in [0, 0.05) is 31.9 Å². The van der Waals surface area contributed by atoms with Gasteiger partial charge in [-0.1, -0.05) is 23.2 Å². The zero-order valence-corrected chi connectivity index (χ0v) is 15.0.